The monoisotopic (exact) mass is 544 g/mol. The van der Waals surface area contributed by atoms with E-state index in [9.17, 15) is 4.79 Å². The Bertz CT molecular complexity index is 1320. The number of benzene rings is 2. The van der Waals surface area contributed by atoms with Gasteiger partial charge < -0.3 is 15.5 Å². The van der Waals surface area contributed by atoms with E-state index in [2.05, 4.69) is 104 Å². The second-order valence-electron chi connectivity index (χ2n) is 11.9. The normalized spacial score (nSPS) is 22.5. The summed E-state index contributed by atoms with van der Waals surface area (Å²) in [6.07, 6.45) is 4.11. The van der Waals surface area contributed by atoms with Crippen LogP contribution in [0.4, 0.5) is 5.69 Å². The maximum Gasteiger partial charge on any atom is 0.261 e. The molecule has 0 bridgehead atoms. The number of fused-ring (bicyclic) bond motifs is 1. The average Bonchev–Trinajstić information content (AvgIpc) is 2.96. The number of rotatable bonds is 9. The molecule has 7 heteroatoms. The molecule has 3 heterocycles. The number of nitrogens with one attached hydrogen (secondary N) is 2. The van der Waals surface area contributed by atoms with Crippen LogP contribution in [0.1, 0.15) is 77.7 Å². The van der Waals surface area contributed by atoms with Crippen molar-refractivity contribution in [3.05, 3.63) is 70.3 Å². The van der Waals surface area contributed by atoms with Gasteiger partial charge in [-0.2, -0.15) is 0 Å². The van der Waals surface area contributed by atoms with Crippen LogP contribution in [0.25, 0.3) is 10.9 Å². The molecule has 0 radical (unpaired) electrons. The molecule has 2 N–H and O–H groups in total. The number of piperidine rings is 1. The molecule has 0 amide bonds. The van der Waals surface area contributed by atoms with Crippen molar-refractivity contribution in [2.45, 2.75) is 90.5 Å². The van der Waals surface area contributed by atoms with E-state index in [1.165, 1.54) is 5.56 Å². The third kappa shape index (κ3) is 5.69. The standard InChI is InChI=1S/C33H48N6O/c1-6-12-30(38-22-24(4)35-25(5)23-38)31-36-29-16-15-27(21-28(29)32(40)39(31)8-3)37-19-17-33(18-20-37,34-7-2)26-13-10-9-11-14-26/h9-11,13-16,21,24-25,30,34-35H,6-8,12,17-20,22-23H2,1-5H3. The van der Waals surface area contributed by atoms with Crippen molar-refractivity contribution < 1.29 is 0 Å². The van der Waals surface area contributed by atoms with Gasteiger partial charge in [-0.15, -0.1) is 0 Å². The minimum atomic E-state index is 0.00198. The first-order valence-corrected chi connectivity index (χ1v) is 15.5. The summed E-state index contributed by atoms with van der Waals surface area (Å²) in [5.74, 6) is 0.923. The van der Waals surface area contributed by atoms with E-state index in [0.717, 1.165) is 80.8 Å². The Morgan fingerprint density at radius 2 is 1.73 bits per heavy atom. The maximum atomic E-state index is 14.0. The summed E-state index contributed by atoms with van der Waals surface area (Å²) in [7, 11) is 0. The average molecular weight is 545 g/mol. The Hall–Kier alpha value is -2.74. The number of hydrogen-bond donors (Lipinski definition) is 2. The molecule has 2 aliphatic rings. The second-order valence-corrected chi connectivity index (χ2v) is 11.9. The largest absolute Gasteiger partial charge is 0.371 e. The van der Waals surface area contributed by atoms with E-state index in [4.69, 9.17) is 4.98 Å². The van der Waals surface area contributed by atoms with E-state index < -0.39 is 0 Å². The Labute approximate surface area is 240 Å². The van der Waals surface area contributed by atoms with E-state index in [1.807, 2.05) is 4.57 Å². The zero-order valence-corrected chi connectivity index (χ0v) is 25.1. The molecule has 3 unspecified atom stereocenters. The molecule has 0 spiro atoms. The third-order valence-corrected chi connectivity index (χ3v) is 8.99. The summed E-state index contributed by atoms with van der Waals surface area (Å²) < 4.78 is 1.94. The first-order chi connectivity index (χ1) is 19.4. The molecule has 0 aliphatic carbocycles. The smallest absolute Gasteiger partial charge is 0.261 e. The quantitative estimate of drug-likeness (QED) is 0.393. The first kappa shape index (κ1) is 28.8. The first-order valence-electron chi connectivity index (χ1n) is 15.5. The zero-order valence-electron chi connectivity index (χ0n) is 25.1. The highest BCUT2D eigenvalue weighted by molar-refractivity contribution is 5.82. The van der Waals surface area contributed by atoms with Gasteiger partial charge in [0.2, 0.25) is 0 Å². The Balaban J connectivity index is 1.44. The van der Waals surface area contributed by atoms with Gasteiger partial charge in [0, 0.05) is 56.0 Å². The zero-order chi connectivity index (χ0) is 28.3. The lowest BCUT2D eigenvalue weighted by Crippen LogP contribution is -2.55. The Morgan fingerprint density at radius 3 is 2.35 bits per heavy atom. The second kappa shape index (κ2) is 12.4. The van der Waals surface area contributed by atoms with Crippen LogP contribution in [-0.4, -0.2) is 59.3 Å². The summed E-state index contributed by atoms with van der Waals surface area (Å²) in [5, 5.41) is 8.18. The van der Waals surface area contributed by atoms with Crippen molar-refractivity contribution in [2.24, 2.45) is 0 Å². The molecule has 2 saturated heterocycles. The Morgan fingerprint density at radius 1 is 1.02 bits per heavy atom. The number of anilines is 1. The summed E-state index contributed by atoms with van der Waals surface area (Å²) in [5.41, 5.74) is 3.39. The molecule has 3 atom stereocenters. The van der Waals surface area contributed by atoms with Crippen LogP contribution in [0.5, 0.6) is 0 Å². The highest BCUT2D eigenvalue weighted by Gasteiger charge is 2.36. The molecular weight excluding hydrogens is 496 g/mol. The van der Waals surface area contributed by atoms with Gasteiger partial charge in [0.15, 0.2) is 0 Å². The Kier molecular flexibility index (Phi) is 8.93. The number of piperazine rings is 1. The summed E-state index contributed by atoms with van der Waals surface area (Å²) in [6.45, 7) is 16.4. The molecular formula is C33H48N6O. The van der Waals surface area contributed by atoms with Gasteiger partial charge in [-0.3, -0.25) is 14.3 Å². The highest BCUT2D eigenvalue weighted by atomic mass is 16.1. The molecule has 2 aliphatic heterocycles. The fraction of sp³-hybridized carbons (Fsp3) is 0.576. The predicted molar refractivity (Wildman–Crippen MR) is 166 cm³/mol. The lowest BCUT2D eigenvalue weighted by atomic mass is 9.80. The van der Waals surface area contributed by atoms with Gasteiger partial charge in [0.1, 0.15) is 5.82 Å². The van der Waals surface area contributed by atoms with Crippen molar-refractivity contribution in [3.8, 4) is 0 Å². The van der Waals surface area contributed by atoms with Gasteiger partial charge >= 0.3 is 0 Å². The van der Waals surface area contributed by atoms with Crippen LogP contribution >= 0.6 is 0 Å². The van der Waals surface area contributed by atoms with Gasteiger partial charge in [0.05, 0.1) is 16.9 Å². The van der Waals surface area contributed by atoms with Crippen molar-refractivity contribution in [2.75, 3.05) is 37.6 Å². The van der Waals surface area contributed by atoms with Gasteiger partial charge in [-0.05, 0) is 70.3 Å². The third-order valence-electron chi connectivity index (χ3n) is 8.99. The molecule has 5 rings (SSSR count). The van der Waals surface area contributed by atoms with Gasteiger partial charge in [-0.1, -0.05) is 50.6 Å². The maximum absolute atomic E-state index is 14.0. The highest BCUT2D eigenvalue weighted by Crippen LogP contribution is 2.35. The van der Waals surface area contributed by atoms with E-state index >= 15 is 0 Å². The minimum Gasteiger partial charge on any atom is -0.371 e. The summed E-state index contributed by atoms with van der Waals surface area (Å²) >= 11 is 0. The molecule has 7 nitrogen and oxygen atoms in total. The SMILES string of the molecule is CCCC(c1nc2ccc(N3CCC(NCC)(c4ccccc4)CC3)cc2c(=O)n1CC)N1CC(C)NC(C)C1. The molecule has 2 fully saturated rings. The van der Waals surface area contributed by atoms with Crippen LogP contribution in [0.2, 0.25) is 0 Å². The lowest BCUT2D eigenvalue weighted by Gasteiger charge is -2.44. The van der Waals surface area contributed by atoms with Crippen molar-refractivity contribution in [3.63, 3.8) is 0 Å². The molecule has 2 aromatic carbocycles. The topological polar surface area (TPSA) is 65.4 Å². The van der Waals surface area contributed by atoms with Crippen molar-refractivity contribution in [1.82, 2.24) is 25.1 Å². The summed E-state index contributed by atoms with van der Waals surface area (Å²) in [6, 6.07) is 18.2. The number of hydrogen-bond acceptors (Lipinski definition) is 6. The van der Waals surface area contributed by atoms with Crippen LogP contribution in [0.15, 0.2) is 53.3 Å². The molecule has 0 saturated carbocycles. The van der Waals surface area contributed by atoms with E-state index in [-0.39, 0.29) is 17.1 Å². The van der Waals surface area contributed by atoms with Crippen LogP contribution < -0.4 is 21.1 Å². The predicted octanol–water partition coefficient (Wildman–Crippen LogP) is 5.05. The minimum absolute atomic E-state index is 0.00198. The number of aromatic nitrogens is 2. The van der Waals surface area contributed by atoms with Crippen LogP contribution in [-0.2, 0) is 12.1 Å². The lowest BCUT2D eigenvalue weighted by molar-refractivity contribution is 0.109. The van der Waals surface area contributed by atoms with Crippen molar-refractivity contribution in [1.29, 1.82) is 0 Å². The van der Waals surface area contributed by atoms with Crippen LogP contribution in [0.3, 0.4) is 0 Å². The molecule has 40 heavy (non-hydrogen) atoms. The molecule has 1 aromatic heterocycles. The summed E-state index contributed by atoms with van der Waals surface area (Å²) in [4.78, 5) is 24.1. The van der Waals surface area contributed by atoms with Gasteiger partial charge in [0.25, 0.3) is 5.56 Å². The molecule has 216 valence electrons. The van der Waals surface area contributed by atoms with Gasteiger partial charge in [-0.25, -0.2) is 4.98 Å². The fourth-order valence-electron chi connectivity index (χ4n) is 7.16. The van der Waals surface area contributed by atoms with Crippen molar-refractivity contribution >= 4 is 16.6 Å². The fourth-order valence-corrected chi connectivity index (χ4v) is 7.16. The van der Waals surface area contributed by atoms with Crippen LogP contribution in [0, 0.1) is 0 Å². The van der Waals surface area contributed by atoms with E-state index in [0.29, 0.717) is 18.6 Å². The number of nitrogens with zero attached hydrogens (tertiary/aromatic N) is 4. The van der Waals surface area contributed by atoms with E-state index in [1.54, 1.807) is 0 Å². The molecule has 3 aromatic rings.